The highest BCUT2D eigenvalue weighted by molar-refractivity contribution is 5.96. The lowest BCUT2D eigenvalue weighted by atomic mass is 9.86. The minimum atomic E-state index is 0.0489. The lowest BCUT2D eigenvalue weighted by molar-refractivity contribution is 0.0929. The number of carbonyl (C=O) groups excluding carboxylic acids is 1. The fourth-order valence-corrected chi connectivity index (χ4v) is 2.90. The van der Waals surface area contributed by atoms with E-state index in [2.05, 4.69) is 26.1 Å². The molecule has 2 rings (SSSR count). The van der Waals surface area contributed by atoms with Crippen molar-refractivity contribution in [3.05, 3.63) is 29.3 Å². The average Bonchev–Trinajstić information content (AvgIpc) is 2.46. The first-order valence-corrected chi connectivity index (χ1v) is 7.85. The lowest BCUT2D eigenvalue weighted by Crippen LogP contribution is -2.36. The molecule has 1 N–H and O–H groups in total. The standard InChI is InChI=1S/C18H27NO2/c1-12(2)21-15-8-9-16-13(10-15)6-7-14(19-17(16)20)11-18(3,4)5/h8-10,12,14H,6-7,11H2,1-5H3,(H,19,20). The van der Waals surface area contributed by atoms with E-state index in [9.17, 15) is 4.79 Å². The van der Waals surface area contributed by atoms with Crippen molar-refractivity contribution >= 4 is 5.91 Å². The Morgan fingerprint density at radius 2 is 2.05 bits per heavy atom. The summed E-state index contributed by atoms with van der Waals surface area (Å²) in [6.45, 7) is 10.7. The van der Waals surface area contributed by atoms with Gasteiger partial charge in [-0.2, -0.15) is 0 Å². The number of fused-ring (bicyclic) bond motifs is 1. The Bertz CT molecular complexity index is 514. The first-order chi connectivity index (χ1) is 9.74. The molecule has 21 heavy (non-hydrogen) atoms. The zero-order valence-electron chi connectivity index (χ0n) is 13.8. The van der Waals surface area contributed by atoms with Crippen molar-refractivity contribution in [3.8, 4) is 5.75 Å². The summed E-state index contributed by atoms with van der Waals surface area (Å²) in [5, 5.41) is 3.17. The molecule has 0 spiro atoms. The van der Waals surface area contributed by atoms with Gasteiger partial charge in [0.05, 0.1) is 6.10 Å². The van der Waals surface area contributed by atoms with Crippen molar-refractivity contribution in [1.82, 2.24) is 5.32 Å². The molecule has 0 bridgehead atoms. The number of ether oxygens (including phenoxy) is 1. The summed E-state index contributed by atoms with van der Waals surface area (Å²) in [7, 11) is 0. The predicted molar refractivity (Wildman–Crippen MR) is 85.9 cm³/mol. The van der Waals surface area contributed by atoms with Crippen LogP contribution in [0.2, 0.25) is 0 Å². The quantitative estimate of drug-likeness (QED) is 0.915. The van der Waals surface area contributed by atoms with Crippen LogP contribution in [0.15, 0.2) is 18.2 Å². The van der Waals surface area contributed by atoms with Gasteiger partial charge in [0.25, 0.3) is 5.91 Å². The van der Waals surface area contributed by atoms with Crippen LogP contribution in [0.3, 0.4) is 0 Å². The van der Waals surface area contributed by atoms with Crippen LogP contribution in [0.1, 0.15) is 63.4 Å². The van der Waals surface area contributed by atoms with Crippen LogP contribution in [0, 0.1) is 5.41 Å². The highest BCUT2D eigenvalue weighted by atomic mass is 16.5. The highest BCUT2D eigenvalue weighted by Crippen LogP contribution is 2.27. The molecule has 1 aromatic rings. The van der Waals surface area contributed by atoms with Gasteiger partial charge in [-0.25, -0.2) is 0 Å². The van der Waals surface area contributed by atoms with Crippen molar-refractivity contribution in [2.24, 2.45) is 5.41 Å². The lowest BCUT2D eigenvalue weighted by Gasteiger charge is -2.25. The highest BCUT2D eigenvalue weighted by Gasteiger charge is 2.25. The summed E-state index contributed by atoms with van der Waals surface area (Å²) in [6.07, 6.45) is 3.06. The van der Waals surface area contributed by atoms with E-state index in [1.54, 1.807) is 0 Å². The zero-order chi connectivity index (χ0) is 15.6. The zero-order valence-corrected chi connectivity index (χ0v) is 13.8. The normalized spacial score (nSPS) is 19.0. The molecule has 0 radical (unpaired) electrons. The molecule has 0 saturated heterocycles. The number of benzene rings is 1. The van der Waals surface area contributed by atoms with E-state index in [4.69, 9.17) is 4.74 Å². The summed E-state index contributed by atoms with van der Waals surface area (Å²) in [4.78, 5) is 12.4. The molecule has 3 nitrogen and oxygen atoms in total. The number of amides is 1. The van der Waals surface area contributed by atoms with E-state index in [1.807, 2.05) is 32.0 Å². The molecule has 1 atom stereocenters. The number of nitrogens with one attached hydrogen (secondary N) is 1. The first-order valence-electron chi connectivity index (χ1n) is 7.85. The summed E-state index contributed by atoms with van der Waals surface area (Å²) in [5.74, 6) is 0.902. The molecule has 0 aliphatic carbocycles. The second-order valence-corrected chi connectivity index (χ2v) is 7.46. The van der Waals surface area contributed by atoms with Gasteiger partial charge in [-0.15, -0.1) is 0 Å². The van der Waals surface area contributed by atoms with E-state index in [0.717, 1.165) is 36.1 Å². The summed E-state index contributed by atoms with van der Waals surface area (Å²) >= 11 is 0. The molecule has 1 aromatic carbocycles. The van der Waals surface area contributed by atoms with Crippen molar-refractivity contribution in [2.75, 3.05) is 0 Å². The molecule has 1 aliphatic rings. The molecule has 0 fully saturated rings. The van der Waals surface area contributed by atoms with Crippen molar-refractivity contribution < 1.29 is 9.53 Å². The van der Waals surface area contributed by atoms with E-state index in [1.165, 1.54) is 0 Å². The molecule has 0 aromatic heterocycles. The summed E-state index contributed by atoms with van der Waals surface area (Å²) < 4.78 is 5.73. The van der Waals surface area contributed by atoms with Crippen LogP contribution in [0.4, 0.5) is 0 Å². The van der Waals surface area contributed by atoms with Gasteiger partial charge in [0.1, 0.15) is 5.75 Å². The van der Waals surface area contributed by atoms with Gasteiger partial charge in [-0.05, 0) is 62.3 Å². The molecular weight excluding hydrogens is 262 g/mol. The Labute approximate surface area is 128 Å². The average molecular weight is 289 g/mol. The molecule has 1 heterocycles. The second kappa shape index (κ2) is 6.08. The summed E-state index contributed by atoms with van der Waals surface area (Å²) in [5.41, 5.74) is 2.12. The van der Waals surface area contributed by atoms with Gasteiger partial charge in [-0.3, -0.25) is 4.79 Å². The third kappa shape index (κ3) is 4.48. The van der Waals surface area contributed by atoms with Crippen LogP contribution in [-0.2, 0) is 6.42 Å². The van der Waals surface area contributed by atoms with Gasteiger partial charge < -0.3 is 10.1 Å². The van der Waals surface area contributed by atoms with Crippen LogP contribution in [-0.4, -0.2) is 18.1 Å². The van der Waals surface area contributed by atoms with Crippen LogP contribution < -0.4 is 10.1 Å². The fourth-order valence-electron chi connectivity index (χ4n) is 2.90. The Kier molecular flexibility index (Phi) is 4.60. The van der Waals surface area contributed by atoms with E-state index in [0.29, 0.717) is 0 Å². The largest absolute Gasteiger partial charge is 0.491 e. The van der Waals surface area contributed by atoms with Gasteiger partial charge >= 0.3 is 0 Å². The summed E-state index contributed by atoms with van der Waals surface area (Å²) in [6, 6.07) is 6.05. The van der Waals surface area contributed by atoms with E-state index in [-0.39, 0.29) is 23.5 Å². The van der Waals surface area contributed by atoms with Crippen LogP contribution >= 0.6 is 0 Å². The van der Waals surface area contributed by atoms with Gasteiger partial charge in [0, 0.05) is 11.6 Å². The molecule has 1 amide bonds. The van der Waals surface area contributed by atoms with Gasteiger partial charge in [0.2, 0.25) is 0 Å². The maximum atomic E-state index is 12.4. The maximum Gasteiger partial charge on any atom is 0.251 e. The van der Waals surface area contributed by atoms with Crippen LogP contribution in [0.25, 0.3) is 0 Å². The van der Waals surface area contributed by atoms with E-state index < -0.39 is 0 Å². The molecular formula is C18H27NO2. The predicted octanol–water partition coefficient (Wildman–Crippen LogP) is 3.95. The third-order valence-electron chi connectivity index (χ3n) is 3.65. The third-order valence-corrected chi connectivity index (χ3v) is 3.65. The molecule has 1 unspecified atom stereocenters. The van der Waals surface area contributed by atoms with Gasteiger partial charge in [-0.1, -0.05) is 20.8 Å². The Balaban J connectivity index is 2.17. The molecule has 3 heteroatoms. The fraction of sp³-hybridized carbons (Fsp3) is 0.611. The first kappa shape index (κ1) is 15.9. The van der Waals surface area contributed by atoms with Crippen LogP contribution in [0.5, 0.6) is 5.75 Å². The number of hydrogen-bond acceptors (Lipinski definition) is 2. The second-order valence-electron chi connectivity index (χ2n) is 7.46. The van der Waals surface area contributed by atoms with Gasteiger partial charge in [0.15, 0.2) is 0 Å². The minimum absolute atomic E-state index is 0.0489. The number of aryl methyl sites for hydroxylation is 1. The SMILES string of the molecule is CC(C)Oc1ccc2c(c1)CCC(CC(C)(C)C)NC2=O. The number of carbonyl (C=O) groups is 1. The molecule has 0 saturated carbocycles. The van der Waals surface area contributed by atoms with E-state index >= 15 is 0 Å². The van der Waals surface area contributed by atoms with Crippen molar-refractivity contribution in [1.29, 1.82) is 0 Å². The van der Waals surface area contributed by atoms with Crippen molar-refractivity contribution in [3.63, 3.8) is 0 Å². The Hall–Kier alpha value is -1.51. The Morgan fingerprint density at radius 1 is 1.33 bits per heavy atom. The maximum absolute atomic E-state index is 12.4. The number of rotatable bonds is 3. The minimum Gasteiger partial charge on any atom is -0.491 e. The topological polar surface area (TPSA) is 38.3 Å². The number of hydrogen-bond donors (Lipinski definition) is 1. The molecule has 1 aliphatic heterocycles. The monoisotopic (exact) mass is 289 g/mol. The van der Waals surface area contributed by atoms with Crippen molar-refractivity contribution in [2.45, 2.75) is 66.0 Å². The smallest absolute Gasteiger partial charge is 0.251 e. The Morgan fingerprint density at radius 3 is 2.67 bits per heavy atom. The molecule has 116 valence electrons.